The van der Waals surface area contributed by atoms with Gasteiger partial charge in [-0.25, -0.2) is 0 Å². The highest BCUT2D eigenvalue weighted by atomic mass is 35.5. The topological polar surface area (TPSA) is 46.5 Å². The summed E-state index contributed by atoms with van der Waals surface area (Å²) in [5.74, 6) is 1.81. The smallest absolute Gasteiger partial charge is 0.253 e. The van der Waals surface area contributed by atoms with Crippen LogP contribution in [0, 0.1) is 5.92 Å². The average Bonchev–Trinajstić information content (AvgIpc) is 3.13. The maximum Gasteiger partial charge on any atom is 0.253 e. The molecule has 1 saturated heterocycles. The van der Waals surface area contributed by atoms with Crippen molar-refractivity contribution in [3.05, 3.63) is 64.8 Å². The first kappa shape index (κ1) is 26.4. The van der Waals surface area contributed by atoms with Gasteiger partial charge in [-0.05, 0) is 67.1 Å². The predicted octanol–water partition coefficient (Wildman–Crippen LogP) is 5.45. The van der Waals surface area contributed by atoms with E-state index in [1.54, 1.807) is 0 Å². The first-order chi connectivity index (χ1) is 15.6. The number of carbonyl (C=O) groups is 1. The predicted molar refractivity (Wildman–Crippen MR) is 143 cm³/mol. The summed E-state index contributed by atoms with van der Waals surface area (Å²) in [5.41, 5.74) is 6.03. The van der Waals surface area contributed by atoms with Gasteiger partial charge in [0, 0.05) is 61.3 Å². The Hall–Kier alpha value is -2.21. The SMILES string of the molecule is CCOc1ccc(Cn2c3c(c4cc(C(=O)N5CCC(C)CC5)ccc42)CNCC3)cc1.Cl.Cl. The zero-order valence-electron chi connectivity index (χ0n) is 20.0. The van der Waals surface area contributed by atoms with E-state index < -0.39 is 0 Å². The number of nitrogens with one attached hydrogen (secondary N) is 1. The number of benzene rings is 2. The number of nitrogens with zero attached hydrogens (tertiary/aromatic N) is 2. The monoisotopic (exact) mass is 503 g/mol. The molecule has 0 atom stereocenters. The van der Waals surface area contributed by atoms with Gasteiger partial charge < -0.3 is 19.5 Å². The third-order valence-corrected chi connectivity index (χ3v) is 7.02. The van der Waals surface area contributed by atoms with E-state index in [0.29, 0.717) is 6.61 Å². The highest BCUT2D eigenvalue weighted by Gasteiger charge is 2.24. The molecule has 0 bridgehead atoms. The Morgan fingerprint density at radius 2 is 1.82 bits per heavy atom. The van der Waals surface area contributed by atoms with Gasteiger partial charge in [0.05, 0.1) is 6.61 Å². The molecule has 0 saturated carbocycles. The number of rotatable bonds is 5. The molecule has 34 heavy (non-hydrogen) atoms. The fraction of sp³-hybridized carbons (Fsp3) is 0.444. The maximum absolute atomic E-state index is 13.2. The second kappa shape index (κ2) is 11.5. The number of piperidine rings is 1. The summed E-state index contributed by atoms with van der Waals surface area (Å²) in [4.78, 5) is 15.2. The molecule has 1 amide bonds. The normalized spacial score (nSPS) is 15.9. The summed E-state index contributed by atoms with van der Waals surface area (Å²) in [6.07, 6.45) is 3.21. The average molecular weight is 505 g/mol. The summed E-state index contributed by atoms with van der Waals surface area (Å²) < 4.78 is 8.04. The molecule has 3 heterocycles. The Balaban J connectivity index is 0.00000162. The van der Waals surface area contributed by atoms with E-state index in [2.05, 4.69) is 53.2 Å². The minimum absolute atomic E-state index is 0. The number of ether oxygens (including phenoxy) is 1. The molecular formula is C27H35Cl2N3O2. The quantitative estimate of drug-likeness (QED) is 0.503. The molecule has 2 aliphatic heterocycles. The van der Waals surface area contributed by atoms with E-state index in [1.165, 1.54) is 27.7 Å². The Morgan fingerprint density at radius 3 is 2.53 bits per heavy atom. The first-order valence-electron chi connectivity index (χ1n) is 12.0. The lowest BCUT2D eigenvalue weighted by Crippen LogP contribution is -2.37. The van der Waals surface area contributed by atoms with Crippen LogP contribution in [0.3, 0.4) is 0 Å². The summed E-state index contributed by atoms with van der Waals surface area (Å²) >= 11 is 0. The van der Waals surface area contributed by atoms with Gasteiger partial charge in [-0.15, -0.1) is 24.8 Å². The van der Waals surface area contributed by atoms with Crippen molar-refractivity contribution in [3.63, 3.8) is 0 Å². The van der Waals surface area contributed by atoms with Crippen molar-refractivity contribution >= 4 is 41.6 Å². The van der Waals surface area contributed by atoms with E-state index >= 15 is 0 Å². The molecule has 2 aromatic carbocycles. The third kappa shape index (κ3) is 5.22. The standard InChI is InChI=1S/C27H33N3O2.2ClH/c1-3-32-22-7-4-20(5-8-22)18-30-25-9-6-21(27(31)29-14-11-19(2)12-15-29)16-23(25)24-17-28-13-10-26(24)30;;/h4-9,16,19,28H,3,10-15,17-18H2,1-2H3;2*1H. The van der Waals surface area contributed by atoms with Crippen LogP contribution in [0.4, 0.5) is 0 Å². The largest absolute Gasteiger partial charge is 0.494 e. The summed E-state index contributed by atoms with van der Waals surface area (Å²) in [7, 11) is 0. The fourth-order valence-corrected chi connectivity index (χ4v) is 5.13. The van der Waals surface area contributed by atoms with E-state index in [1.807, 2.05) is 17.9 Å². The number of fused-ring (bicyclic) bond motifs is 3. The van der Waals surface area contributed by atoms with Crippen molar-refractivity contribution in [2.45, 2.75) is 46.2 Å². The van der Waals surface area contributed by atoms with Crippen molar-refractivity contribution in [1.82, 2.24) is 14.8 Å². The van der Waals surface area contributed by atoms with Crippen molar-refractivity contribution in [3.8, 4) is 5.75 Å². The molecule has 184 valence electrons. The molecule has 0 spiro atoms. The number of likely N-dealkylation sites (tertiary alicyclic amines) is 1. The van der Waals surface area contributed by atoms with Crippen LogP contribution in [-0.4, -0.2) is 41.6 Å². The Morgan fingerprint density at radius 1 is 1.09 bits per heavy atom. The number of hydrogen-bond acceptors (Lipinski definition) is 3. The molecule has 1 aromatic heterocycles. The van der Waals surface area contributed by atoms with Crippen molar-refractivity contribution in [2.24, 2.45) is 5.92 Å². The zero-order chi connectivity index (χ0) is 22.1. The van der Waals surface area contributed by atoms with Crippen LogP contribution >= 0.6 is 24.8 Å². The lowest BCUT2D eigenvalue weighted by molar-refractivity contribution is 0.0697. The van der Waals surface area contributed by atoms with E-state index in [0.717, 1.165) is 69.2 Å². The molecule has 1 fully saturated rings. The van der Waals surface area contributed by atoms with Crippen molar-refractivity contribution in [2.75, 3.05) is 26.2 Å². The minimum atomic E-state index is 0. The van der Waals surface area contributed by atoms with Gasteiger partial charge in [0.2, 0.25) is 0 Å². The highest BCUT2D eigenvalue weighted by Crippen LogP contribution is 2.31. The first-order valence-corrected chi connectivity index (χ1v) is 12.0. The molecule has 0 radical (unpaired) electrons. The lowest BCUT2D eigenvalue weighted by atomic mass is 9.98. The molecule has 5 rings (SSSR count). The molecule has 0 aliphatic carbocycles. The summed E-state index contributed by atoms with van der Waals surface area (Å²) in [5, 5.41) is 4.74. The molecule has 5 nitrogen and oxygen atoms in total. The zero-order valence-corrected chi connectivity index (χ0v) is 21.6. The Bertz CT molecular complexity index is 1120. The van der Waals surface area contributed by atoms with Crippen LogP contribution < -0.4 is 10.1 Å². The van der Waals surface area contributed by atoms with E-state index in [4.69, 9.17) is 4.74 Å². The molecular weight excluding hydrogens is 469 g/mol. The van der Waals surface area contributed by atoms with E-state index in [-0.39, 0.29) is 30.7 Å². The molecule has 7 heteroatoms. The van der Waals surface area contributed by atoms with Gasteiger partial charge in [-0.1, -0.05) is 19.1 Å². The van der Waals surface area contributed by atoms with Crippen LogP contribution in [0.2, 0.25) is 0 Å². The van der Waals surface area contributed by atoms with Gasteiger partial charge >= 0.3 is 0 Å². The van der Waals surface area contributed by atoms with Crippen molar-refractivity contribution in [1.29, 1.82) is 0 Å². The number of carbonyl (C=O) groups excluding carboxylic acids is 1. The van der Waals surface area contributed by atoms with Crippen LogP contribution in [0.15, 0.2) is 42.5 Å². The van der Waals surface area contributed by atoms with Crippen LogP contribution in [0.25, 0.3) is 10.9 Å². The van der Waals surface area contributed by atoms with Gasteiger partial charge in [-0.3, -0.25) is 4.79 Å². The van der Waals surface area contributed by atoms with Gasteiger partial charge in [0.15, 0.2) is 0 Å². The number of aromatic nitrogens is 1. The van der Waals surface area contributed by atoms with Crippen LogP contribution in [0.1, 0.15) is 53.9 Å². The van der Waals surface area contributed by atoms with Gasteiger partial charge in [0.25, 0.3) is 5.91 Å². The second-order valence-corrected chi connectivity index (χ2v) is 9.22. The molecule has 1 N–H and O–H groups in total. The summed E-state index contributed by atoms with van der Waals surface area (Å²) in [6.45, 7) is 9.39. The summed E-state index contributed by atoms with van der Waals surface area (Å²) in [6, 6.07) is 14.7. The molecule has 0 unspecified atom stereocenters. The Labute approximate surface area is 214 Å². The third-order valence-electron chi connectivity index (χ3n) is 7.02. The van der Waals surface area contributed by atoms with E-state index in [9.17, 15) is 4.79 Å². The second-order valence-electron chi connectivity index (χ2n) is 9.22. The minimum Gasteiger partial charge on any atom is -0.494 e. The highest BCUT2D eigenvalue weighted by molar-refractivity contribution is 5.99. The van der Waals surface area contributed by atoms with Gasteiger partial charge in [-0.2, -0.15) is 0 Å². The molecule has 2 aliphatic rings. The Kier molecular flexibility index (Phi) is 8.91. The fourth-order valence-electron chi connectivity index (χ4n) is 5.13. The van der Waals surface area contributed by atoms with Crippen LogP contribution in [-0.2, 0) is 19.5 Å². The number of halogens is 2. The lowest BCUT2D eigenvalue weighted by Gasteiger charge is -2.30. The van der Waals surface area contributed by atoms with Crippen LogP contribution in [0.5, 0.6) is 5.75 Å². The number of amides is 1. The molecule has 3 aromatic rings. The number of hydrogen-bond donors (Lipinski definition) is 1. The maximum atomic E-state index is 13.2. The van der Waals surface area contributed by atoms with Crippen molar-refractivity contribution < 1.29 is 9.53 Å². The van der Waals surface area contributed by atoms with Gasteiger partial charge in [0.1, 0.15) is 5.75 Å².